The standard InChI is InChI=1S/C17H34O2.C15H30O2.C14H28O2.C10H20O2.8CH4/c1-8-17(6,7)16(18)19-15(11-9-13(2)3)12-10-14(4)5;1-8-15(6,7)14(16)17-13(9-11(2)3)10-12(4)5;1-8-14(6,7)12(15)16-10-11(2)9-13(3,4)5;1-7-10(5,6)8(11)12-9(2,3)4;;;;;;;;/h13-15H,8-12H2,1-7H3;11-13H,8-10H2,1-7H3;11H,8-10H2,1-7H3;7H2,1-6H3;8*1H4. The summed E-state index contributed by atoms with van der Waals surface area (Å²) in [7, 11) is 0. The van der Waals surface area contributed by atoms with E-state index in [9.17, 15) is 19.2 Å². The van der Waals surface area contributed by atoms with E-state index in [0.29, 0.717) is 41.6 Å². The van der Waals surface area contributed by atoms with E-state index in [1.165, 1.54) is 0 Å². The molecule has 0 aromatic rings. The van der Waals surface area contributed by atoms with Gasteiger partial charge in [-0.3, -0.25) is 19.2 Å². The van der Waals surface area contributed by atoms with Crippen molar-refractivity contribution in [3.63, 3.8) is 0 Å². The highest BCUT2D eigenvalue weighted by Crippen LogP contribution is 2.29. The molecule has 0 saturated carbocycles. The average molecular weight is 1040 g/mol. The molecule has 0 radical (unpaired) electrons. The van der Waals surface area contributed by atoms with Gasteiger partial charge in [-0.2, -0.15) is 0 Å². The summed E-state index contributed by atoms with van der Waals surface area (Å²) < 4.78 is 22.1. The third-order valence-corrected chi connectivity index (χ3v) is 11.8. The first-order valence-electron chi connectivity index (χ1n) is 25.5. The molecule has 0 N–H and O–H groups in total. The topological polar surface area (TPSA) is 105 Å². The lowest BCUT2D eigenvalue weighted by atomic mass is 9.86. The van der Waals surface area contributed by atoms with Gasteiger partial charge in [0.1, 0.15) is 17.8 Å². The molecule has 8 heteroatoms. The maximum atomic E-state index is 12.2. The van der Waals surface area contributed by atoms with E-state index in [0.717, 1.165) is 70.6 Å². The van der Waals surface area contributed by atoms with E-state index in [-0.39, 0.29) is 123 Å². The number of rotatable bonds is 23. The zero-order valence-corrected chi connectivity index (χ0v) is 47.8. The van der Waals surface area contributed by atoms with Gasteiger partial charge in [0, 0.05) is 0 Å². The van der Waals surface area contributed by atoms with Gasteiger partial charge >= 0.3 is 23.9 Å². The highest BCUT2D eigenvalue weighted by Gasteiger charge is 2.32. The lowest BCUT2D eigenvalue weighted by Crippen LogP contribution is -2.33. The number of ether oxygens (including phenoxy) is 4. The molecule has 8 nitrogen and oxygen atoms in total. The minimum Gasteiger partial charge on any atom is -0.465 e. The van der Waals surface area contributed by atoms with Crippen molar-refractivity contribution in [3.05, 3.63) is 0 Å². The molecule has 0 heterocycles. The number of carbonyl (C=O) groups is 4. The van der Waals surface area contributed by atoms with Crippen LogP contribution in [-0.4, -0.2) is 48.3 Å². The fraction of sp³-hybridized carbons (Fsp3) is 0.938. The Balaban J connectivity index is -0.0000000649. The van der Waals surface area contributed by atoms with E-state index < -0.39 is 0 Å². The van der Waals surface area contributed by atoms with Crippen LogP contribution in [0.3, 0.4) is 0 Å². The molecule has 0 rings (SSSR count). The van der Waals surface area contributed by atoms with E-state index in [2.05, 4.69) is 83.1 Å². The van der Waals surface area contributed by atoms with Crippen molar-refractivity contribution in [2.24, 2.45) is 56.7 Å². The number of hydrogen-bond acceptors (Lipinski definition) is 8. The van der Waals surface area contributed by atoms with Crippen LogP contribution in [0.4, 0.5) is 0 Å². The van der Waals surface area contributed by atoms with Gasteiger partial charge in [-0.1, -0.05) is 170 Å². The Hall–Kier alpha value is -2.12. The number of hydrogen-bond donors (Lipinski definition) is 0. The van der Waals surface area contributed by atoms with Gasteiger partial charge in [0.25, 0.3) is 0 Å². The van der Waals surface area contributed by atoms with Crippen LogP contribution in [0, 0.1) is 56.7 Å². The van der Waals surface area contributed by atoms with Crippen LogP contribution >= 0.6 is 0 Å². The maximum Gasteiger partial charge on any atom is 0.312 e. The summed E-state index contributed by atoms with van der Waals surface area (Å²) >= 11 is 0. The van der Waals surface area contributed by atoms with Gasteiger partial charge in [-0.05, 0) is 182 Å². The average Bonchev–Trinajstić information content (AvgIpc) is 3.13. The second kappa shape index (κ2) is 46.2. The molecule has 0 aliphatic carbocycles. The molecular formula is C64H144O8. The Kier molecular flexibility index (Phi) is 63.5. The molecule has 0 aliphatic rings. The highest BCUT2D eigenvalue weighted by atomic mass is 16.6. The van der Waals surface area contributed by atoms with E-state index in [1.807, 2.05) is 104 Å². The first-order chi connectivity index (χ1) is 28.6. The van der Waals surface area contributed by atoms with Crippen LogP contribution in [0.2, 0.25) is 0 Å². The van der Waals surface area contributed by atoms with Crippen LogP contribution in [0.15, 0.2) is 0 Å². The van der Waals surface area contributed by atoms with Crippen LogP contribution in [0.5, 0.6) is 0 Å². The molecule has 0 saturated heterocycles. The summed E-state index contributed by atoms with van der Waals surface area (Å²) in [6, 6.07) is 0. The molecule has 0 spiro atoms. The SMILES string of the molecule is C.C.C.C.C.C.C.C.CCC(C)(C)C(=O)OC(C)(C)C.CCC(C)(C)C(=O)OC(CC(C)C)CC(C)C.CCC(C)(C)C(=O)OC(CCC(C)C)CCC(C)C.CCC(C)(C)C(=O)OCC(C)CC(C)(C)C. The molecule has 0 aromatic heterocycles. The molecule has 1 atom stereocenters. The maximum absolute atomic E-state index is 12.2. The second-order valence-corrected chi connectivity index (χ2v) is 25.2. The first kappa shape index (κ1) is 99.0. The Bertz CT molecular complexity index is 1240. The van der Waals surface area contributed by atoms with Crippen molar-refractivity contribution >= 4 is 23.9 Å². The molecule has 0 fully saturated rings. The fourth-order valence-corrected chi connectivity index (χ4v) is 5.68. The van der Waals surface area contributed by atoms with Crippen molar-refractivity contribution in [2.75, 3.05) is 6.61 Å². The lowest BCUT2D eigenvalue weighted by molar-refractivity contribution is -0.166. The number of esters is 4. The number of carbonyl (C=O) groups excluding carboxylic acids is 4. The van der Waals surface area contributed by atoms with Gasteiger partial charge in [-0.15, -0.1) is 0 Å². The van der Waals surface area contributed by atoms with Gasteiger partial charge in [0.15, 0.2) is 0 Å². The van der Waals surface area contributed by atoms with Crippen molar-refractivity contribution in [3.8, 4) is 0 Å². The largest absolute Gasteiger partial charge is 0.465 e. The van der Waals surface area contributed by atoms with E-state index in [4.69, 9.17) is 18.9 Å². The third kappa shape index (κ3) is 54.2. The van der Waals surface area contributed by atoms with Crippen molar-refractivity contribution < 1.29 is 38.1 Å². The molecule has 0 amide bonds. The van der Waals surface area contributed by atoms with E-state index in [1.54, 1.807) is 0 Å². The van der Waals surface area contributed by atoms with Crippen molar-refractivity contribution in [1.82, 2.24) is 0 Å². The minimum atomic E-state index is -0.372. The summed E-state index contributed by atoms with van der Waals surface area (Å²) in [5.41, 5.74) is -1.48. The predicted octanol–water partition coefficient (Wildman–Crippen LogP) is 21.5. The van der Waals surface area contributed by atoms with Crippen LogP contribution in [-0.2, 0) is 38.1 Å². The predicted molar refractivity (Wildman–Crippen MR) is 327 cm³/mol. The van der Waals surface area contributed by atoms with Gasteiger partial charge in [0.2, 0.25) is 0 Å². The monoisotopic (exact) mass is 1040 g/mol. The molecule has 1 unspecified atom stereocenters. The van der Waals surface area contributed by atoms with Crippen LogP contribution in [0.1, 0.15) is 317 Å². The zero-order chi connectivity index (χ0) is 51.7. The summed E-state index contributed by atoms with van der Waals surface area (Å²) in [5.74, 6) is 2.62. The Morgan fingerprint density at radius 1 is 0.375 bits per heavy atom. The first-order valence-corrected chi connectivity index (χ1v) is 25.5. The molecule has 448 valence electrons. The minimum absolute atomic E-state index is 0. The second-order valence-electron chi connectivity index (χ2n) is 25.2. The Morgan fingerprint density at radius 3 is 0.903 bits per heavy atom. The zero-order valence-electron chi connectivity index (χ0n) is 47.8. The normalized spacial score (nSPS) is 11.7. The molecular weight excluding hydrogens is 897 g/mol. The highest BCUT2D eigenvalue weighted by molar-refractivity contribution is 5.77. The quantitative estimate of drug-likeness (QED) is 0.0736. The third-order valence-electron chi connectivity index (χ3n) is 11.8. The Morgan fingerprint density at radius 2 is 0.653 bits per heavy atom. The van der Waals surface area contributed by atoms with Crippen molar-refractivity contribution in [2.45, 2.75) is 335 Å². The summed E-state index contributed by atoms with van der Waals surface area (Å²) in [5, 5.41) is 0. The van der Waals surface area contributed by atoms with Gasteiger partial charge in [-0.25, -0.2) is 0 Å². The van der Waals surface area contributed by atoms with E-state index >= 15 is 0 Å². The Labute approximate surface area is 458 Å². The molecule has 0 aromatic carbocycles. The smallest absolute Gasteiger partial charge is 0.312 e. The molecule has 0 aliphatic heterocycles. The molecule has 72 heavy (non-hydrogen) atoms. The van der Waals surface area contributed by atoms with Crippen LogP contribution in [0.25, 0.3) is 0 Å². The summed E-state index contributed by atoms with van der Waals surface area (Å²) in [6.45, 7) is 56.1. The molecule has 0 bridgehead atoms. The summed E-state index contributed by atoms with van der Waals surface area (Å²) in [4.78, 5) is 47.5. The van der Waals surface area contributed by atoms with Gasteiger partial charge < -0.3 is 18.9 Å². The summed E-state index contributed by atoms with van der Waals surface area (Å²) in [6.07, 6.45) is 10.7. The lowest BCUT2D eigenvalue weighted by Gasteiger charge is -2.27. The van der Waals surface area contributed by atoms with Crippen molar-refractivity contribution in [1.29, 1.82) is 0 Å². The fourth-order valence-electron chi connectivity index (χ4n) is 5.68. The van der Waals surface area contributed by atoms with Crippen LogP contribution < -0.4 is 0 Å². The van der Waals surface area contributed by atoms with Gasteiger partial charge in [0.05, 0.1) is 28.3 Å².